The van der Waals surface area contributed by atoms with Crippen LogP contribution in [0.2, 0.25) is 0 Å². The van der Waals surface area contributed by atoms with Gasteiger partial charge >= 0.3 is 0 Å². The van der Waals surface area contributed by atoms with Crippen LogP contribution in [0, 0.1) is 5.92 Å². The Morgan fingerprint density at radius 3 is 2.59 bits per heavy atom. The van der Waals surface area contributed by atoms with E-state index in [1.807, 2.05) is 24.3 Å². The summed E-state index contributed by atoms with van der Waals surface area (Å²) in [7, 11) is 1.57. The molecule has 1 heterocycles. The number of rotatable bonds is 2. The molecule has 1 unspecified atom stereocenters. The van der Waals surface area contributed by atoms with Gasteiger partial charge in [0.2, 0.25) is 11.8 Å². The largest absolute Gasteiger partial charge is 0.286 e. The highest BCUT2D eigenvalue weighted by Gasteiger charge is 2.31. The van der Waals surface area contributed by atoms with Gasteiger partial charge in [-0.1, -0.05) is 28.1 Å². The molecule has 0 saturated carbocycles. The normalized spacial score (nSPS) is 20.8. The average molecular weight is 296 g/mol. The molecule has 2 rings (SSSR count). The van der Waals surface area contributed by atoms with Crippen molar-refractivity contribution in [3.05, 3.63) is 34.3 Å². The van der Waals surface area contributed by atoms with E-state index in [0.717, 1.165) is 10.0 Å². The fourth-order valence-corrected chi connectivity index (χ4v) is 2.34. The van der Waals surface area contributed by atoms with Crippen LogP contribution < -0.4 is 0 Å². The summed E-state index contributed by atoms with van der Waals surface area (Å²) >= 11 is 3.38. The van der Waals surface area contributed by atoms with Crippen LogP contribution in [0.3, 0.4) is 0 Å². The minimum Gasteiger partial charge on any atom is -0.286 e. The third-order valence-corrected chi connectivity index (χ3v) is 3.68. The van der Waals surface area contributed by atoms with Crippen molar-refractivity contribution in [1.82, 2.24) is 4.90 Å². The third kappa shape index (κ3) is 2.75. The second-order valence-corrected chi connectivity index (χ2v) is 5.27. The summed E-state index contributed by atoms with van der Waals surface area (Å²) < 4.78 is 1.03. The number of benzene rings is 1. The lowest BCUT2D eigenvalue weighted by Crippen LogP contribution is -2.43. The molecule has 0 aliphatic carbocycles. The van der Waals surface area contributed by atoms with Gasteiger partial charge in [-0.3, -0.25) is 14.5 Å². The number of hydrogen-bond donors (Lipinski definition) is 0. The van der Waals surface area contributed by atoms with Crippen molar-refractivity contribution in [3.63, 3.8) is 0 Å². The number of imide groups is 1. The molecule has 2 amide bonds. The van der Waals surface area contributed by atoms with Crippen LogP contribution in [0.5, 0.6) is 0 Å². The Morgan fingerprint density at radius 1 is 1.29 bits per heavy atom. The quantitative estimate of drug-likeness (QED) is 0.786. The van der Waals surface area contributed by atoms with E-state index >= 15 is 0 Å². The maximum absolute atomic E-state index is 11.9. The van der Waals surface area contributed by atoms with Crippen molar-refractivity contribution >= 4 is 27.7 Å². The lowest BCUT2D eigenvalue weighted by Gasteiger charge is -2.27. The van der Waals surface area contributed by atoms with Gasteiger partial charge in [0.15, 0.2) is 0 Å². The molecule has 0 aromatic heterocycles. The number of likely N-dealkylation sites (tertiary alicyclic amines) is 1. The Kier molecular flexibility index (Phi) is 3.62. The molecule has 17 heavy (non-hydrogen) atoms. The third-order valence-electron chi connectivity index (χ3n) is 3.16. The zero-order chi connectivity index (χ0) is 12.4. The van der Waals surface area contributed by atoms with E-state index < -0.39 is 0 Å². The molecule has 0 bridgehead atoms. The Bertz CT molecular complexity index is 441. The molecule has 1 fully saturated rings. The molecule has 0 radical (unpaired) electrons. The van der Waals surface area contributed by atoms with Crippen LogP contribution in [0.1, 0.15) is 18.4 Å². The van der Waals surface area contributed by atoms with Gasteiger partial charge in [-0.2, -0.15) is 0 Å². The highest BCUT2D eigenvalue weighted by Crippen LogP contribution is 2.22. The highest BCUT2D eigenvalue weighted by atomic mass is 79.9. The van der Waals surface area contributed by atoms with Crippen molar-refractivity contribution in [2.75, 3.05) is 7.05 Å². The smallest absolute Gasteiger partial charge is 0.232 e. The number of amides is 2. The second-order valence-electron chi connectivity index (χ2n) is 4.36. The van der Waals surface area contributed by atoms with Crippen molar-refractivity contribution in [3.8, 4) is 0 Å². The molecule has 3 nitrogen and oxygen atoms in total. The SMILES string of the molecule is CN1C(=O)CCC(Cc2ccc(Br)cc2)C1=O. The fraction of sp³-hybridized carbons (Fsp3) is 0.385. The van der Waals surface area contributed by atoms with E-state index in [-0.39, 0.29) is 17.7 Å². The molecule has 0 N–H and O–H groups in total. The van der Waals surface area contributed by atoms with Gasteiger partial charge in [0, 0.05) is 23.9 Å². The lowest BCUT2D eigenvalue weighted by atomic mass is 9.90. The number of carbonyl (C=O) groups excluding carboxylic acids is 2. The number of nitrogens with zero attached hydrogens (tertiary/aromatic N) is 1. The van der Waals surface area contributed by atoms with E-state index in [2.05, 4.69) is 15.9 Å². The molecule has 1 aromatic carbocycles. The van der Waals surface area contributed by atoms with E-state index in [4.69, 9.17) is 0 Å². The van der Waals surface area contributed by atoms with Gasteiger partial charge in [-0.05, 0) is 30.5 Å². The van der Waals surface area contributed by atoms with Crippen LogP contribution in [-0.4, -0.2) is 23.8 Å². The van der Waals surface area contributed by atoms with Crippen LogP contribution >= 0.6 is 15.9 Å². The van der Waals surface area contributed by atoms with Crippen LogP contribution in [0.15, 0.2) is 28.7 Å². The van der Waals surface area contributed by atoms with E-state index in [1.165, 1.54) is 4.90 Å². The Balaban J connectivity index is 2.06. The molecule has 1 atom stereocenters. The predicted octanol–water partition coefficient (Wildman–Crippen LogP) is 2.39. The van der Waals surface area contributed by atoms with Gasteiger partial charge in [-0.25, -0.2) is 0 Å². The van der Waals surface area contributed by atoms with E-state index in [1.54, 1.807) is 7.05 Å². The van der Waals surface area contributed by atoms with Gasteiger partial charge in [0.1, 0.15) is 0 Å². The maximum Gasteiger partial charge on any atom is 0.232 e. The van der Waals surface area contributed by atoms with Gasteiger partial charge in [0.25, 0.3) is 0 Å². The summed E-state index contributed by atoms with van der Waals surface area (Å²) in [6.07, 6.45) is 1.85. The molecule has 1 aromatic rings. The van der Waals surface area contributed by atoms with E-state index in [9.17, 15) is 9.59 Å². The molecule has 1 aliphatic rings. The number of halogens is 1. The number of piperidine rings is 1. The minimum atomic E-state index is -0.0675. The first-order valence-corrected chi connectivity index (χ1v) is 6.42. The van der Waals surface area contributed by atoms with Crippen LogP contribution in [0.25, 0.3) is 0 Å². The highest BCUT2D eigenvalue weighted by molar-refractivity contribution is 9.10. The van der Waals surface area contributed by atoms with Gasteiger partial charge < -0.3 is 0 Å². The summed E-state index contributed by atoms with van der Waals surface area (Å²) in [5.74, 6) is -0.176. The number of hydrogen-bond acceptors (Lipinski definition) is 2. The molecule has 90 valence electrons. The topological polar surface area (TPSA) is 37.4 Å². The summed E-state index contributed by atoms with van der Waals surface area (Å²) in [6, 6.07) is 7.95. The summed E-state index contributed by atoms with van der Waals surface area (Å²) in [5, 5.41) is 0. The molecular weight excluding hydrogens is 282 g/mol. The van der Waals surface area contributed by atoms with Gasteiger partial charge in [-0.15, -0.1) is 0 Å². The standard InChI is InChI=1S/C13H14BrNO2/c1-15-12(16)7-4-10(13(15)17)8-9-2-5-11(14)6-3-9/h2-3,5-6,10H,4,7-8H2,1H3. The first-order chi connectivity index (χ1) is 8.08. The monoisotopic (exact) mass is 295 g/mol. The first kappa shape index (κ1) is 12.3. The summed E-state index contributed by atoms with van der Waals surface area (Å²) in [4.78, 5) is 24.5. The van der Waals surface area contributed by atoms with Crippen molar-refractivity contribution < 1.29 is 9.59 Å². The average Bonchev–Trinajstić information content (AvgIpc) is 2.33. The first-order valence-electron chi connectivity index (χ1n) is 5.63. The minimum absolute atomic E-state index is 0.0517. The molecular formula is C13H14BrNO2. The van der Waals surface area contributed by atoms with Crippen molar-refractivity contribution in [2.45, 2.75) is 19.3 Å². The second kappa shape index (κ2) is 5.00. The fourth-order valence-electron chi connectivity index (χ4n) is 2.08. The summed E-state index contributed by atoms with van der Waals surface area (Å²) in [6.45, 7) is 0. The van der Waals surface area contributed by atoms with Crippen molar-refractivity contribution in [1.29, 1.82) is 0 Å². The molecule has 0 spiro atoms. The van der Waals surface area contributed by atoms with E-state index in [0.29, 0.717) is 19.3 Å². The predicted molar refractivity (Wildman–Crippen MR) is 68.3 cm³/mol. The zero-order valence-electron chi connectivity index (χ0n) is 9.65. The van der Waals surface area contributed by atoms with Gasteiger partial charge in [0.05, 0.1) is 0 Å². The lowest BCUT2D eigenvalue weighted by molar-refractivity contribution is -0.149. The van der Waals surface area contributed by atoms with Crippen LogP contribution in [0.4, 0.5) is 0 Å². The van der Waals surface area contributed by atoms with Crippen molar-refractivity contribution in [2.24, 2.45) is 5.92 Å². The van der Waals surface area contributed by atoms with Crippen LogP contribution in [-0.2, 0) is 16.0 Å². The molecule has 4 heteroatoms. The number of carbonyl (C=O) groups is 2. The Hall–Kier alpha value is -1.16. The Morgan fingerprint density at radius 2 is 1.94 bits per heavy atom. The summed E-state index contributed by atoms with van der Waals surface area (Å²) in [5.41, 5.74) is 1.13. The Labute approximate surface area is 109 Å². The zero-order valence-corrected chi connectivity index (χ0v) is 11.2. The molecule has 1 saturated heterocycles. The molecule has 1 aliphatic heterocycles. The maximum atomic E-state index is 11.9.